The second-order valence-corrected chi connectivity index (χ2v) is 5.32. The monoisotopic (exact) mass is 313 g/mol. The van der Waals surface area contributed by atoms with Gasteiger partial charge in [-0.1, -0.05) is 6.07 Å². The number of aromatic nitrogens is 1. The van der Waals surface area contributed by atoms with Crippen LogP contribution in [-0.2, 0) is 0 Å². The minimum Gasteiger partial charge on any atom is -0.490 e. The van der Waals surface area contributed by atoms with Gasteiger partial charge in [0.05, 0.1) is 31.1 Å². The van der Waals surface area contributed by atoms with E-state index in [9.17, 15) is 4.79 Å². The molecule has 6 heteroatoms. The van der Waals surface area contributed by atoms with Crippen LogP contribution in [-0.4, -0.2) is 24.2 Å². The quantitative estimate of drug-likeness (QED) is 0.913. The lowest BCUT2D eigenvalue weighted by molar-refractivity contribution is 0.249. The van der Waals surface area contributed by atoms with Crippen molar-refractivity contribution in [2.75, 3.05) is 18.5 Å². The molecule has 1 aromatic carbocycles. The molecule has 3 rings (SSSR count). The van der Waals surface area contributed by atoms with Crippen molar-refractivity contribution in [1.29, 1.82) is 0 Å². The fourth-order valence-electron chi connectivity index (χ4n) is 2.33. The van der Waals surface area contributed by atoms with Crippen molar-refractivity contribution in [3.63, 3.8) is 0 Å². The number of hydrogen-bond acceptors (Lipinski definition) is 4. The zero-order chi connectivity index (χ0) is 16.1. The van der Waals surface area contributed by atoms with E-state index >= 15 is 0 Å². The van der Waals surface area contributed by atoms with Crippen LogP contribution >= 0.6 is 0 Å². The molecule has 6 nitrogen and oxygen atoms in total. The second kappa shape index (κ2) is 7.00. The maximum atomic E-state index is 12.0. The first-order valence-electron chi connectivity index (χ1n) is 7.59. The Hall–Kier alpha value is -2.76. The number of benzene rings is 1. The van der Waals surface area contributed by atoms with E-state index in [1.54, 1.807) is 24.5 Å². The molecule has 2 aromatic rings. The third-order valence-electron chi connectivity index (χ3n) is 3.54. The molecule has 1 aliphatic heterocycles. The van der Waals surface area contributed by atoms with Crippen LogP contribution in [0.2, 0.25) is 0 Å². The van der Waals surface area contributed by atoms with Crippen molar-refractivity contribution >= 4 is 11.7 Å². The lowest BCUT2D eigenvalue weighted by Gasteiger charge is -2.17. The van der Waals surface area contributed by atoms with E-state index in [4.69, 9.17) is 9.47 Å². The minimum atomic E-state index is -0.280. The number of carbonyl (C=O) groups is 1. The number of anilines is 1. The molecule has 2 amide bonds. The zero-order valence-electron chi connectivity index (χ0n) is 12.9. The van der Waals surface area contributed by atoms with Gasteiger partial charge < -0.3 is 20.1 Å². The van der Waals surface area contributed by atoms with E-state index in [1.807, 2.05) is 25.1 Å². The molecule has 120 valence electrons. The van der Waals surface area contributed by atoms with E-state index < -0.39 is 0 Å². The standard InChI is InChI=1S/C17H19N3O3/c1-12(19-17(21)20-14-4-2-7-18-11-14)13-5-6-15-16(10-13)23-9-3-8-22-15/h2,4-7,10-12H,3,8-9H2,1H3,(H2,19,20,21)/t12-/m1/s1. The summed E-state index contributed by atoms with van der Waals surface area (Å²) in [5.41, 5.74) is 1.60. The van der Waals surface area contributed by atoms with Gasteiger partial charge in [0.1, 0.15) is 0 Å². The van der Waals surface area contributed by atoms with Gasteiger partial charge in [0.15, 0.2) is 11.5 Å². The summed E-state index contributed by atoms with van der Waals surface area (Å²) in [6, 6.07) is 8.83. The molecule has 0 fully saturated rings. The van der Waals surface area contributed by atoms with Crippen LogP contribution in [0.4, 0.5) is 10.5 Å². The Morgan fingerprint density at radius 3 is 2.83 bits per heavy atom. The predicted molar refractivity (Wildman–Crippen MR) is 86.9 cm³/mol. The Labute approximate surface area is 134 Å². The molecule has 0 radical (unpaired) electrons. The summed E-state index contributed by atoms with van der Waals surface area (Å²) in [7, 11) is 0. The number of nitrogens with one attached hydrogen (secondary N) is 2. The fraction of sp³-hybridized carbons (Fsp3) is 0.294. The van der Waals surface area contributed by atoms with Crippen LogP contribution in [0, 0.1) is 0 Å². The molecule has 1 aliphatic rings. The lowest BCUT2D eigenvalue weighted by Crippen LogP contribution is -2.31. The van der Waals surface area contributed by atoms with Gasteiger partial charge in [0, 0.05) is 12.6 Å². The molecule has 1 atom stereocenters. The Morgan fingerprint density at radius 2 is 2.04 bits per heavy atom. The average molecular weight is 313 g/mol. The molecule has 0 aliphatic carbocycles. The normalized spacial score (nSPS) is 14.5. The maximum Gasteiger partial charge on any atom is 0.319 e. The largest absolute Gasteiger partial charge is 0.490 e. The summed E-state index contributed by atoms with van der Waals surface area (Å²) < 4.78 is 11.3. The van der Waals surface area contributed by atoms with E-state index in [1.165, 1.54) is 0 Å². The summed E-state index contributed by atoms with van der Waals surface area (Å²) in [6.45, 7) is 3.22. The first kappa shape index (κ1) is 15.1. The van der Waals surface area contributed by atoms with Crippen molar-refractivity contribution in [2.24, 2.45) is 0 Å². The Balaban J connectivity index is 1.65. The van der Waals surface area contributed by atoms with Gasteiger partial charge in [0.25, 0.3) is 0 Å². The van der Waals surface area contributed by atoms with E-state index in [0.29, 0.717) is 18.9 Å². The number of amides is 2. The smallest absolute Gasteiger partial charge is 0.319 e. The summed E-state index contributed by atoms with van der Waals surface area (Å²) in [4.78, 5) is 16.0. The van der Waals surface area contributed by atoms with E-state index in [0.717, 1.165) is 23.5 Å². The van der Waals surface area contributed by atoms with Crippen LogP contribution in [0.25, 0.3) is 0 Å². The van der Waals surface area contributed by atoms with Crippen LogP contribution < -0.4 is 20.1 Å². The number of carbonyl (C=O) groups excluding carboxylic acids is 1. The SMILES string of the molecule is C[C@@H](NC(=O)Nc1cccnc1)c1ccc2c(c1)OCCCO2. The van der Waals surface area contributed by atoms with Crippen LogP contribution in [0.5, 0.6) is 11.5 Å². The minimum absolute atomic E-state index is 0.163. The molecular weight excluding hydrogens is 294 g/mol. The summed E-state index contributed by atoms with van der Waals surface area (Å²) in [6.07, 6.45) is 4.12. The lowest BCUT2D eigenvalue weighted by atomic mass is 10.1. The van der Waals surface area contributed by atoms with Crippen LogP contribution in [0.1, 0.15) is 24.9 Å². The molecule has 0 bridgehead atoms. The number of ether oxygens (including phenoxy) is 2. The molecule has 2 heterocycles. The third-order valence-corrected chi connectivity index (χ3v) is 3.54. The predicted octanol–water partition coefficient (Wildman–Crippen LogP) is 3.13. The number of nitrogens with zero attached hydrogens (tertiary/aromatic N) is 1. The number of hydrogen-bond donors (Lipinski definition) is 2. The van der Waals surface area contributed by atoms with Crippen molar-refractivity contribution in [1.82, 2.24) is 10.3 Å². The highest BCUT2D eigenvalue weighted by Crippen LogP contribution is 2.32. The number of rotatable bonds is 3. The first-order valence-corrected chi connectivity index (χ1v) is 7.59. The molecule has 0 unspecified atom stereocenters. The topological polar surface area (TPSA) is 72.5 Å². The van der Waals surface area contributed by atoms with Gasteiger partial charge in [-0.05, 0) is 36.8 Å². The highest BCUT2D eigenvalue weighted by molar-refractivity contribution is 5.89. The number of urea groups is 1. The van der Waals surface area contributed by atoms with E-state index in [2.05, 4.69) is 15.6 Å². The van der Waals surface area contributed by atoms with Crippen molar-refractivity contribution in [3.05, 3.63) is 48.3 Å². The number of fused-ring (bicyclic) bond motifs is 1. The molecule has 0 saturated carbocycles. The number of pyridine rings is 1. The van der Waals surface area contributed by atoms with Crippen LogP contribution in [0.3, 0.4) is 0 Å². The summed E-state index contributed by atoms with van der Waals surface area (Å²) in [5, 5.41) is 5.64. The molecule has 2 N–H and O–H groups in total. The van der Waals surface area contributed by atoms with Gasteiger partial charge in [-0.25, -0.2) is 4.79 Å². The Bertz CT molecular complexity index is 676. The van der Waals surface area contributed by atoms with E-state index in [-0.39, 0.29) is 12.1 Å². The van der Waals surface area contributed by atoms with Crippen molar-refractivity contribution in [3.8, 4) is 11.5 Å². The summed E-state index contributed by atoms with van der Waals surface area (Å²) in [5.74, 6) is 1.47. The first-order chi connectivity index (χ1) is 11.2. The summed E-state index contributed by atoms with van der Waals surface area (Å²) >= 11 is 0. The fourth-order valence-corrected chi connectivity index (χ4v) is 2.33. The van der Waals surface area contributed by atoms with Gasteiger partial charge in [-0.15, -0.1) is 0 Å². The van der Waals surface area contributed by atoms with Gasteiger partial charge >= 0.3 is 6.03 Å². The molecule has 0 spiro atoms. The zero-order valence-corrected chi connectivity index (χ0v) is 12.9. The molecular formula is C17H19N3O3. The van der Waals surface area contributed by atoms with Crippen molar-refractivity contribution < 1.29 is 14.3 Å². The molecule has 0 saturated heterocycles. The van der Waals surface area contributed by atoms with Crippen LogP contribution in [0.15, 0.2) is 42.7 Å². The average Bonchev–Trinajstić information content (AvgIpc) is 2.80. The van der Waals surface area contributed by atoms with Gasteiger partial charge in [-0.2, -0.15) is 0 Å². The second-order valence-electron chi connectivity index (χ2n) is 5.32. The third kappa shape index (κ3) is 3.91. The molecule has 23 heavy (non-hydrogen) atoms. The van der Waals surface area contributed by atoms with Gasteiger partial charge in [-0.3, -0.25) is 4.98 Å². The highest BCUT2D eigenvalue weighted by Gasteiger charge is 2.15. The molecule has 1 aromatic heterocycles. The Morgan fingerprint density at radius 1 is 1.22 bits per heavy atom. The highest BCUT2D eigenvalue weighted by atomic mass is 16.5. The Kier molecular flexibility index (Phi) is 4.61. The maximum absolute atomic E-state index is 12.0. The van der Waals surface area contributed by atoms with Gasteiger partial charge in [0.2, 0.25) is 0 Å². The van der Waals surface area contributed by atoms with Crippen molar-refractivity contribution in [2.45, 2.75) is 19.4 Å².